The van der Waals surface area contributed by atoms with Gasteiger partial charge in [0.1, 0.15) is 17.4 Å². The molecule has 2 aromatic rings. The van der Waals surface area contributed by atoms with Crippen LogP contribution in [0.15, 0.2) is 18.6 Å². The van der Waals surface area contributed by atoms with E-state index in [1.807, 2.05) is 51.4 Å². The highest BCUT2D eigenvalue weighted by molar-refractivity contribution is 6.33. The standard InChI is InChI=1S/C15H21ClN4O2.C4H11NO/c1-5-19(14(21)22-15(2,3)4)8-9-20-7-6-11-12(20)13(16)18-10-17-11;1-2-5-3-4-6/h6-7,10H,5,8-9H2,1-4H3;5-6H,2-4H2,1H3. The van der Waals surface area contributed by atoms with Crippen molar-refractivity contribution in [1.82, 2.24) is 24.8 Å². The van der Waals surface area contributed by atoms with E-state index in [2.05, 4.69) is 15.3 Å². The Bertz CT molecular complexity index is 726. The third-order valence-corrected chi connectivity index (χ3v) is 3.96. The van der Waals surface area contributed by atoms with Gasteiger partial charge in [-0.05, 0) is 40.3 Å². The van der Waals surface area contributed by atoms with Crippen LogP contribution in [0.25, 0.3) is 11.0 Å². The van der Waals surface area contributed by atoms with Crippen LogP contribution in [0.2, 0.25) is 5.15 Å². The number of carbonyl (C=O) groups excluding carboxylic acids is 1. The third kappa shape index (κ3) is 8.00. The van der Waals surface area contributed by atoms with Crippen LogP contribution in [0.3, 0.4) is 0 Å². The highest BCUT2D eigenvalue weighted by Gasteiger charge is 2.21. The number of fused-ring (bicyclic) bond motifs is 1. The predicted octanol–water partition coefficient (Wildman–Crippen LogP) is 2.93. The Morgan fingerprint density at radius 1 is 1.36 bits per heavy atom. The van der Waals surface area contributed by atoms with Gasteiger partial charge in [0.2, 0.25) is 0 Å². The number of hydrogen-bond acceptors (Lipinski definition) is 6. The summed E-state index contributed by atoms with van der Waals surface area (Å²) in [5, 5.41) is 11.5. The van der Waals surface area contributed by atoms with Gasteiger partial charge in [0.05, 0.1) is 12.1 Å². The molecule has 0 atom stereocenters. The minimum atomic E-state index is -0.498. The molecule has 28 heavy (non-hydrogen) atoms. The summed E-state index contributed by atoms with van der Waals surface area (Å²) < 4.78 is 7.35. The van der Waals surface area contributed by atoms with Gasteiger partial charge >= 0.3 is 6.09 Å². The van der Waals surface area contributed by atoms with Gasteiger partial charge in [0.15, 0.2) is 5.15 Å². The average Bonchev–Trinajstić information content (AvgIpc) is 3.04. The van der Waals surface area contributed by atoms with Gasteiger partial charge in [0, 0.05) is 32.4 Å². The molecule has 0 aliphatic heterocycles. The number of ether oxygens (including phenoxy) is 1. The Labute approximate surface area is 171 Å². The van der Waals surface area contributed by atoms with Crippen molar-refractivity contribution in [2.24, 2.45) is 0 Å². The molecule has 1 amide bonds. The van der Waals surface area contributed by atoms with Crippen molar-refractivity contribution in [2.45, 2.75) is 46.8 Å². The van der Waals surface area contributed by atoms with Gasteiger partial charge in [-0.3, -0.25) is 0 Å². The van der Waals surface area contributed by atoms with Crippen LogP contribution in [-0.2, 0) is 11.3 Å². The Kier molecular flexibility index (Phi) is 10.2. The summed E-state index contributed by atoms with van der Waals surface area (Å²) in [7, 11) is 0. The van der Waals surface area contributed by atoms with E-state index < -0.39 is 5.60 Å². The zero-order valence-corrected chi connectivity index (χ0v) is 18.2. The normalized spacial score (nSPS) is 11.1. The fourth-order valence-corrected chi connectivity index (χ4v) is 2.62. The molecule has 2 N–H and O–H groups in total. The van der Waals surface area contributed by atoms with Crippen molar-refractivity contribution in [3.8, 4) is 0 Å². The van der Waals surface area contributed by atoms with E-state index in [0.717, 1.165) is 24.1 Å². The quantitative estimate of drug-likeness (QED) is 0.535. The fourth-order valence-electron chi connectivity index (χ4n) is 2.37. The van der Waals surface area contributed by atoms with E-state index in [0.29, 0.717) is 24.8 Å². The van der Waals surface area contributed by atoms with Crippen molar-refractivity contribution in [3.63, 3.8) is 0 Å². The number of carbonyl (C=O) groups is 1. The van der Waals surface area contributed by atoms with Gasteiger partial charge in [-0.1, -0.05) is 18.5 Å². The first-order chi connectivity index (χ1) is 13.2. The maximum atomic E-state index is 12.1. The molecule has 0 fully saturated rings. The number of aromatic nitrogens is 3. The van der Waals surface area contributed by atoms with Crippen LogP contribution < -0.4 is 5.32 Å². The number of amides is 1. The van der Waals surface area contributed by atoms with Gasteiger partial charge in [0.25, 0.3) is 0 Å². The molecule has 9 heteroatoms. The first kappa shape index (κ1) is 24.1. The molecule has 0 radical (unpaired) electrons. The molecule has 0 saturated heterocycles. The lowest BCUT2D eigenvalue weighted by molar-refractivity contribution is 0.0255. The highest BCUT2D eigenvalue weighted by Crippen LogP contribution is 2.20. The number of hydrogen-bond donors (Lipinski definition) is 2. The SMILES string of the molecule is CCN(CCn1ccc2ncnc(Cl)c21)C(=O)OC(C)(C)C.CCNCCO. The molecule has 0 aromatic carbocycles. The Morgan fingerprint density at radius 3 is 2.61 bits per heavy atom. The second-order valence-electron chi connectivity index (χ2n) is 7.04. The molecule has 0 saturated carbocycles. The monoisotopic (exact) mass is 413 g/mol. The van der Waals surface area contributed by atoms with E-state index in [9.17, 15) is 4.79 Å². The molecule has 2 rings (SSSR count). The Balaban J connectivity index is 0.000000568. The van der Waals surface area contributed by atoms with Crippen LogP contribution in [0, 0.1) is 0 Å². The number of likely N-dealkylation sites (N-methyl/N-ethyl adjacent to an activating group) is 2. The zero-order chi connectivity index (χ0) is 21.2. The Hall–Kier alpha value is -1.90. The second kappa shape index (κ2) is 11.8. The van der Waals surface area contributed by atoms with Crippen molar-refractivity contribution < 1.29 is 14.6 Å². The van der Waals surface area contributed by atoms with Crippen LogP contribution in [0.5, 0.6) is 0 Å². The molecule has 0 aliphatic rings. The molecule has 8 nitrogen and oxygen atoms in total. The maximum absolute atomic E-state index is 12.1. The van der Waals surface area contributed by atoms with Crippen molar-refractivity contribution in [2.75, 3.05) is 32.8 Å². The summed E-state index contributed by atoms with van der Waals surface area (Å²) in [5.41, 5.74) is 1.08. The minimum Gasteiger partial charge on any atom is -0.444 e. The van der Waals surface area contributed by atoms with Crippen molar-refractivity contribution in [3.05, 3.63) is 23.7 Å². The number of nitrogens with zero attached hydrogens (tertiary/aromatic N) is 4. The molecular weight excluding hydrogens is 382 g/mol. The fraction of sp³-hybridized carbons (Fsp3) is 0.632. The molecular formula is C19H32ClN5O3. The molecule has 0 unspecified atom stereocenters. The number of aliphatic hydroxyl groups is 1. The third-order valence-electron chi connectivity index (χ3n) is 3.69. The summed E-state index contributed by atoms with van der Waals surface area (Å²) in [5.74, 6) is 0. The summed E-state index contributed by atoms with van der Waals surface area (Å²) in [6.45, 7) is 13.1. The number of rotatable bonds is 7. The maximum Gasteiger partial charge on any atom is 0.410 e. The van der Waals surface area contributed by atoms with Gasteiger partial charge in [-0.25, -0.2) is 14.8 Å². The minimum absolute atomic E-state index is 0.244. The van der Waals surface area contributed by atoms with Crippen LogP contribution in [0.1, 0.15) is 34.6 Å². The zero-order valence-electron chi connectivity index (χ0n) is 17.4. The van der Waals surface area contributed by atoms with Crippen molar-refractivity contribution in [1.29, 1.82) is 0 Å². The summed E-state index contributed by atoms with van der Waals surface area (Å²) in [6, 6.07) is 1.88. The van der Waals surface area contributed by atoms with E-state index in [1.165, 1.54) is 6.33 Å². The molecule has 0 bridgehead atoms. The number of halogens is 1. The predicted molar refractivity (Wildman–Crippen MR) is 112 cm³/mol. The first-order valence-electron chi connectivity index (χ1n) is 9.48. The van der Waals surface area contributed by atoms with E-state index >= 15 is 0 Å². The molecule has 0 spiro atoms. The Morgan fingerprint density at radius 2 is 2.07 bits per heavy atom. The van der Waals surface area contributed by atoms with Crippen LogP contribution in [0.4, 0.5) is 4.79 Å². The number of nitrogens with one attached hydrogen (secondary N) is 1. The molecule has 158 valence electrons. The topological polar surface area (TPSA) is 92.5 Å². The summed E-state index contributed by atoms with van der Waals surface area (Å²) in [6.07, 6.45) is 3.02. The van der Waals surface area contributed by atoms with E-state index in [-0.39, 0.29) is 12.7 Å². The largest absolute Gasteiger partial charge is 0.444 e. The van der Waals surface area contributed by atoms with Gasteiger partial charge < -0.3 is 24.6 Å². The lowest BCUT2D eigenvalue weighted by Gasteiger charge is -2.26. The summed E-state index contributed by atoms with van der Waals surface area (Å²) >= 11 is 6.13. The van der Waals surface area contributed by atoms with Gasteiger partial charge in [-0.15, -0.1) is 0 Å². The second-order valence-corrected chi connectivity index (χ2v) is 7.40. The highest BCUT2D eigenvalue weighted by atomic mass is 35.5. The van der Waals surface area contributed by atoms with Gasteiger partial charge in [-0.2, -0.15) is 0 Å². The van der Waals surface area contributed by atoms with Crippen LogP contribution >= 0.6 is 11.6 Å². The van der Waals surface area contributed by atoms with E-state index in [4.69, 9.17) is 21.4 Å². The first-order valence-corrected chi connectivity index (χ1v) is 9.86. The average molecular weight is 414 g/mol. The van der Waals surface area contributed by atoms with Crippen molar-refractivity contribution >= 4 is 28.7 Å². The number of aliphatic hydroxyl groups excluding tert-OH is 1. The van der Waals surface area contributed by atoms with Crippen LogP contribution in [-0.4, -0.2) is 69.0 Å². The summed E-state index contributed by atoms with van der Waals surface area (Å²) in [4.78, 5) is 22.0. The lowest BCUT2D eigenvalue weighted by atomic mass is 10.2. The molecule has 2 heterocycles. The molecule has 0 aliphatic carbocycles. The molecule has 2 aromatic heterocycles. The smallest absolute Gasteiger partial charge is 0.410 e. The lowest BCUT2D eigenvalue weighted by Crippen LogP contribution is -2.38. The van der Waals surface area contributed by atoms with E-state index in [1.54, 1.807) is 4.90 Å².